The summed E-state index contributed by atoms with van der Waals surface area (Å²) in [5, 5.41) is 5.44. The second-order valence-corrected chi connectivity index (χ2v) is 6.49. The fraction of sp³-hybridized carbons (Fsp3) is 0.158. The highest BCUT2D eigenvalue weighted by Gasteiger charge is 2.10. The minimum Gasteiger partial charge on any atom is -0.332 e. The number of carbonyl (C=O) groups is 2. The minimum absolute atomic E-state index is 0.0113. The van der Waals surface area contributed by atoms with Gasteiger partial charge in [-0.15, -0.1) is 0 Å². The fourth-order valence-corrected chi connectivity index (χ4v) is 3.01. The molecular formula is C19H17FN4O3S. The highest BCUT2D eigenvalue weighted by atomic mass is 32.1. The molecule has 0 saturated heterocycles. The standard InChI is InChI=1S/C19H17FN4O3S/c1-11(25)21-16-10-12(6-7-14(16)20)22-17(26)8-9-24-18(27)13-4-2-3-5-15(13)23-19(24)28/h2-7,10H,8-9H2,1H3,(H,21,25)(H,22,26)(H,23,28). The third-order valence-corrected chi connectivity index (χ3v) is 4.34. The Bertz CT molecular complexity index is 1190. The van der Waals surface area contributed by atoms with Crippen molar-refractivity contribution < 1.29 is 14.0 Å². The van der Waals surface area contributed by atoms with Crippen molar-refractivity contribution in [3.63, 3.8) is 0 Å². The number of hydrogen-bond donors (Lipinski definition) is 3. The summed E-state index contributed by atoms with van der Waals surface area (Å²) in [6, 6.07) is 10.8. The molecule has 28 heavy (non-hydrogen) atoms. The largest absolute Gasteiger partial charge is 0.332 e. The van der Waals surface area contributed by atoms with Crippen LogP contribution in [0.5, 0.6) is 0 Å². The molecule has 3 aromatic rings. The van der Waals surface area contributed by atoms with Gasteiger partial charge in [0.2, 0.25) is 11.8 Å². The SMILES string of the molecule is CC(=O)Nc1cc(NC(=O)CCn2c(=S)[nH]c3ccccc3c2=O)ccc1F. The molecule has 144 valence electrons. The summed E-state index contributed by atoms with van der Waals surface area (Å²) >= 11 is 5.21. The van der Waals surface area contributed by atoms with Crippen molar-refractivity contribution in [3.8, 4) is 0 Å². The van der Waals surface area contributed by atoms with Gasteiger partial charge in [0.1, 0.15) is 5.82 Å². The Balaban J connectivity index is 1.73. The predicted molar refractivity (Wildman–Crippen MR) is 107 cm³/mol. The van der Waals surface area contributed by atoms with Gasteiger partial charge in [-0.25, -0.2) is 4.39 Å². The van der Waals surface area contributed by atoms with Crippen molar-refractivity contribution in [2.45, 2.75) is 19.9 Å². The third-order valence-electron chi connectivity index (χ3n) is 4.01. The van der Waals surface area contributed by atoms with E-state index in [1.165, 1.54) is 23.6 Å². The number of hydrogen-bond acceptors (Lipinski definition) is 4. The molecule has 7 nitrogen and oxygen atoms in total. The average Bonchev–Trinajstić information content (AvgIpc) is 2.64. The molecule has 1 heterocycles. The van der Waals surface area contributed by atoms with E-state index in [2.05, 4.69) is 15.6 Å². The maximum Gasteiger partial charge on any atom is 0.262 e. The quantitative estimate of drug-likeness (QED) is 0.573. The Morgan fingerprint density at radius 1 is 1.18 bits per heavy atom. The zero-order valence-corrected chi connectivity index (χ0v) is 15.7. The first-order valence-corrected chi connectivity index (χ1v) is 8.85. The summed E-state index contributed by atoms with van der Waals surface area (Å²) in [5.74, 6) is -1.41. The molecule has 0 atom stereocenters. The summed E-state index contributed by atoms with van der Waals surface area (Å²) < 4.78 is 15.2. The number of aromatic nitrogens is 2. The number of rotatable bonds is 5. The third kappa shape index (κ3) is 4.32. The number of anilines is 2. The van der Waals surface area contributed by atoms with Gasteiger partial charge >= 0.3 is 0 Å². The number of benzene rings is 2. The van der Waals surface area contributed by atoms with Crippen LogP contribution in [0.3, 0.4) is 0 Å². The van der Waals surface area contributed by atoms with E-state index < -0.39 is 11.7 Å². The van der Waals surface area contributed by atoms with Crippen LogP contribution in [0.2, 0.25) is 0 Å². The molecule has 0 fully saturated rings. The van der Waals surface area contributed by atoms with Crippen LogP contribution in [0.15, 0.2) is 47.3 Å². The molecule has 0 radical (unpaired) electrons. The maximum atomic E-state index is 13.7. The second-order valence-electron chi connectivity index (χ2n) is 6.11. The molecule has 3 rings (SSSR count). The maximum absolute atomic E-state index is 13.7. The van der Waals surface area contributed by atoms with Crippen molar-refractivity contribution in [2.75, 3.05) is 10.6 Å². The zero-order chi connectivity index (χ0) is 20.3. The molecule has 0 aliphatic carbocycles. The van der Waals surface area contributed by atoms with Gasteiger partial charge in [-0.2, -0.15) is 0 Å². The normalized spacial score (nSPS) is 10.6. The Morgan fingerprint density at radius 2 is 1.93 bits per heavy atom. The molecule has 0 spiro atoms. The molecule has 0 bridgehead atoms. The lowest BCUT2D eigenvalue weighted by Gasteiger charge is -2.10. The molecule has 9 heteroatoms. The van der Waals surface area contributed by atoms with Crippen LogP contribution >= 0.6 is 12.2 Å². The van der Waals surface area contributed by atoms with E-state index in [9.17, 15) is 18.8 Å². The van der Waals surface area contributed by atoms with Gasteiger partial charge in [-0.3, -0.25) is 19.0 Å². The van der Waals surface area contributed by atoms with Crippen LogP contribution in [0, 0.1) is 10.6 Å². The first-order valence-electron chi connectivity index (χ1n) is 8.44. The fourth-order valence-electron chi connectivity index (χ4n) is 2.73. The van der Waals surface area contributed by atoms with Gasteiger partial charge in [0, 0.05) is 25.6 Å². The number of nitrogens with one attached hydrogen (secondary N) is 3. The van der Waals surface area contributed by atoms with Crippen LogP contribution in [0.4, 0.5) is 15.8 Å². The molecule has 0 unspecified atom stereocenters. The molecule has 2 aromatic carbocycles. The first-order chi connectivity index (χ1) is 13.3. The topological polar surface area (TPSA) is 96.0 Å². The van der Waals surface area contributed by atoms with E-state index in [0.29, 0.717) is 16.6 Å². The second kappa shape index (κ2) is 8.13. The molecule has 0 aliphatic heterocycles. The number of para-hydroxylation sites is 1. The lowest BCUT2D eigenvalue weighted by atomic mass is 10.2. The average molecular weight is 400 g/mol. The Kier molecular flexibility index (Phi) is 5.65. The summed E-state index contributed by atoms with van der Waals surface area (Å²) in [6.45, 7) is 1.35. The monoisotopic (exact) mass is 400 g/mol. The van der Waals surface area contributed by atoms with Gasteiger partial charge < -0.3 is 15.6 Å². The van der Waals surface area contributed by atoms with Crippen molar-refractivity contribution in [1.82, 2.24) is 9.55 Å². The Morgan fingerprint density at radius 3 is 2.68 bits per heavy atom. The molecule has 2 amide bonds. The van der Waals surface area contributed by atoms with E-state index in [4.69, 9.17) is 12.2 Å². The Hall–Kier alpha value is -3.33. The van der Waals surface area contributed by atoms with Crippen molar-refractivity contribution in [2.24, 2.45) is 0 Å². The molecule has 1 aromatic heterocycles. The van der Waals surface area contributed by atoms with Gasteiger partial charge in [0.05, 0.1) is 16.6 Å². The van der Waals surface area contributed by atoms with Crippen molar-refractivity contribution in [3.05, 3.63) is 63.4 Å². The highest BCUT2D eigenvalue weighted by Crippen LogP contribution is 2.19. The van der Waals surface area contributed by atoms with Crippen LogP contribution in [-0.2, 0) is 16.1 Å². The number of amides is 2. The van der Waals surface area contributed by atoms with E-state index in [-0.39, 0.29) is 34.9 Å². The van der Waals surface area contributed by atoms with Gasteiger partial charge in [0.15, 0.2) is 4.77 Å². The summed E-state index contributed by atoms with van der Waals surface area (Å²) in [6.07, 6.45) is -0.0113. The number of nitrogens with zero attached hydrogens (tertiary/aromatic N) is 1. The van der Waals surface area contributed by atoms with Crippen molar-refractivity contribution >= 4 is 46.3 Å². The van der Waals surface area contributed by atoms with Crippen LogP contribution in [0.1, 0.15) is 13.3 Å². The van der Waals surface area contributed by atoms with E-state index in [1.54, 1.807) is 24.3 Å². The first kappa shape index (κ1) is 19.4. The van der Waals surface area contributed by atoms with E-state index in [0.717, 1.165) is 6.07 Å². The Labute approximate surface area is 164 Å². The van der Waals surface area contributed by atoms with Crippen LogP contribution < -0.4 is 16.2 Å². The van der Waals surface area contributed by atoms with Crippen LogP contribution in [0.25, 0.3) is 10.9 Å². The summed E-state index contributed by atoms with van der Waals surface area (Å²) in [4.78, 5) is 38.9. The number of H-pyrrole nitrogens is 1. The molecule has 0 saturated carbocycles. The number of aromatic amines is 1. The number of fused-ring (bicyclic) bond motifs is 1. The van der Waals surface area contributed by atoms with Gasteiger partial charge in [0.25, 0.3) is 5.56 Å². The molecular weight excluding hydrogens is 383 g/mol. The van der Waals surface area contributed by atoms with E-state index >= 15 is 0 Å². The lowest BCUT2D eigenvalue weighted by molar-refractivity contribution is -0.116. The summed E-state index contributed by atoms with van der Waals surface area (Å²) in [7, 11) is 0. The van der Waals surface area contributed by atoms with Crippen LogP contribution in [-0.4, -0.2) is 21.4 Å². The molecule has 0 aliphatic rings. The van der Waals surface area contributed by atoms with Crippen molar-refractivity contribution in [1.29, 1.82) is 0 Å². The highest BCUT2D eigenvalue weighted by molar-refractivity contribution is 7.71. The van der Waals surface area contributed by atoms with Gasteiger partial charge in [-0.05, 0) is 42.5 Å². The lowest BCUT2D eigenvalue weighted by Crippen LogP contribution is -2.25. The number of carbonyl (C=O) groups excluding carboxylic acids is 2. The van der Waals surface area contributed by atoms with Gasteiger partial charge in [-0.1, -0.05) is 12.1 Å². The number of halogens is 1. The molecule has 3 N–H and O–H groups in total. The zero-order valence-electron chi connectivity index (χ0n) is 14.9. The summed E-state index contributed by atoms with van der Waals surface area (Å²) in [5.41, 5.74) is 0.654. The predicted octanol–water partition coefficient (Wildman–Crippen LogP) is 3.19. The minimum atomic E-state index is -0.609. The van der Waals surface area contributed by atoms with E-state index in [1.807, 2.05) is 0 Å². The smallest absolute Gasteiger partial charge is 0.262 e.